The van der Waals surface area contributed by atoms with E-state index in [0.29, 0.717) is 16.3 Å². The third kappa shape index (κ3) is 4.64. The normalized spacial score (nSPS) is 10.8. The van der Waals surface area contributed by atoms with Crippen molar-refractivity contribution in [3.63, 3.8) is 0 Å². The molecular formula is C19H19N7O3S2. The molecule has 4 rings (SSSR count). The Hall–Kier alpha value is -3.51. The predicted molar refractivity (Wildman–Crippen MR) is 121 cm³/mol. The van der Waals surface area contributed by atoms with Gasteiger partial charge in [-0.05, 0) is 18.2 Å². The molecule has 160 valence electrons. The Morgan fingerprint density at radius 1 is 1.16 bits per heavy atom. The van der Waals surface area contributed by atoms with E-state index in [1.807, 2.05) is 37.2 Å². The van der Waals surface area contributed by atoms with Crippen molar-refractivity contribution in [1.82, 2.24) is 19.9 Å². The Balaban J connectivity index is 1.45. The molecule has 0 saturated heterocycles. The number of fused-ring (bicyclic) bond motifs is 1. The van der Waals surface area contributed by atoms with Crippen LogP contribution in [-0.4, -0.2) is 47.1 Å². The molecule has 0 amide bonds. The summed E-state index contributed by atoms with van der Waals surface area (Å²) in [6.07, 6.45) is 0. The van der Waals surface area contributed by atoms with Crippen molar-refractivity contribution in [2.75, 3.05) is 37.2 Å². The summed E-state index contributed by atoms with van der Waals surface area (Å²) >= 11 is 2.80. The number of nitrogens with zero attached hydrogens (tertiary/aromatic N) is 5. The lowest BCUT2D eigenvalue weighted by Crippen LogP contribution is -2.11. The molecule has 0 spiro atoms. The molecule has 0 aliphatic rings. The largest absolute Gasteiger partial charge is 0.495 e. The van der Waals surface area contributed by atoms with Gasteiger partial charge >= 0.3 is 5.97 Å². The third-order valence-electron chi connectivity index (χ3n) is 4.05. The number of esters is 1. The molecule has 12 heteroatoms. The van der Waals surface area contributed by atoms with E-state index in [0.717, 1.165) is 14.7 Å². The van der Waals surface area contributed by atoms with Crippen LogP contribution in [0.3, 0.4) is 0 Å². The van der Waals surface area contributed by atoms with Crippen molar-refractivity contribution >= 4 is 60.9 Å². The SMILES string of the molecule is COc1ccccc1Nc1nc(N)nc(COC(=O)c2cc3sc(N(C)C)nc3s2)n1. The smallest absolute Gasteiger partial charge is 0.348 e. The Bertz CT molecular complexity index is 1210. The van der Waals surface area contributed by atoms with Gasteiger partial charge in [-0.25, -0.2) is 9.78 Å². The van der Waals surface area contributed by atoms with Gasteiger partial charge in [-0.1, -0.05) is 23.5 Å². The number of hydrogen-bond acceptors (Lipinski definition) is 12. The number of para-hydroxylation sites is 2. The number of nitrogen functional groups attached to an aromatic ring is 1. The number of thiophene rings is 1. The number of anilines is 4. The molecule has 3 aromatic heterocycles. The topological polar surface area (TPSA) is 128 Å². The summed E-state index contributed by atoms with van der Waals surface area (Å²) in [7, 11) is 5.42. The minimum atomic E-state index is -0.472. The van der Waals surface area contributed by atoms with Gasteiger partial charge in [0, 0.05) is 14.1 Å². The van der Waals surface area contributed by atoms with Crippen molar-refractivity contribution in [1.29, 1.82) is 0 Å². The molecular weight excluding hydrogens is 438 g/mol. The van der Waals surface area contributed by atoms with Gasteiger partial charge in [0.2, 0.25) is 11.9 Å². The summed E-state index contributed by atoms with van der Waals surface area (Å²) in [4.78, 5) is 32.6. The molecule has 0 fully saturated rings. The number of aromatic nitrogens is 4. The minimum Gasteiger partial charge on any atom is -0.495 e. The van der Waals surface area contributed by atoms with Crippen LogP contribution in [-0.2, 0) is 11.3 Å². The molecule has 0 aliphatic heterocycles. The second-order valence-electron chi connectivity index (χ2n) is 6.51. The number of benzene rings is 1. The van der Waals surface area contributed by atoms with Crippen LogP contribution in [0.15, 0.2) is 30.3 Å². The molecule has 0 radical (unpaired) electrons. The van der Waals surface area contributed by atoms with Crippen LogP contribution >= 0.6 is 22.7 Å². The van der Waals surface area contributed by atoms with E-state index in [-0.39, 0.29) is 24.3 Å². The molecule has 3 heterocycles. The van der Waals surface area contributed by atoms with Crippen LogP contribution in [0.4, 0.5) is 22.7 Å². The number of methoxy groups -OCH3 is 1. The maximum absolute atomic E-state index is 12.5. The van der Waals surface area contributed by atoms with E-state index >= 15 is 0 Å². The lowest BCUT2D eigenvalue weighted by molar-refractivity contribution is 0.0468. The molecule has 0 atom stereocenters. The van der Waals surface area contributed by atoms with Gasteiger partial charge < -0.3 is 25.4 Å². The monoisotopic (exact) mass is 457 g/mol. The van der Waals surface area contributed by atoms with Gasteiger partial charge in [-0.15, -0.1) is 11.3 Å². The highest BCUT2D eigenvalue weighted by atomic mass is 32.1. The molecule has 31 heavy (non-hydrogen) atoms. The second-order valence-corrected chi connectivity index (χ2v) is 8.55. The highest BCUT2D eigenvalue weighted by Gasteiger charge is 2.17. The molecule has 0 aliphatic carbocycles. The summed E-state index contributed by atoms with van der Waals surface area (Å²) in [6, 6.07) is 9.10. The summed E-state index contributed by atoms with van der Waals surface area (Å²) < 4.78 is 11.6. The first-order valence-electron chi connectivity index (χ1n) is 9.08. The Morgan fingerprint density at radius 3 is 2.71 bits per heavy atom. The maximum Gasteiger partial charge on any atom is 0.348 e. The first-order valence-corrected chi connectivity index (χ1v) is 10.7. The molecule has 0 saturated carbocycles. The lowest BCUT2D eigenvalue weighted by Gasteiger charge is -2.10. The summed E-state index contributed by atoms with van der Waals surface area (Å²) in [5, 5.41) is 3.92. The lowest BCUT2D eigenvalue weighted by atomic mass is 10.3. The van der Waals surface area contributed by atoms with E-state index in [4.69, 9.17) is 15.2 Å². The van der Waals surface area contributed by atoms with Crippen molar-refractivity contribution in [2.24, 2.45) is 0 Å². The van der Waals surface area contributed by atoms with Crippen LogP contribution in [0.25, 0.3) is 9.53 Å². The quantitative estimate of drug-likeness (QED) is 0.399. The van der Waals surface area contributed by atoms with E-state index < -0.39 is 5.97 Å². The number of ether oxygens (including phenoxy) is 2. The molecule has 0 unspecified atom stereocenters. The van der Waals surface area contributed by atoms with Gasteiger partial charge in [-0.3, -0.25) is 0 Å². The molecule has 3 N–H and O–H groups in total. The third-order valence-corrected chi connectivity index (χ3v) is 6.35. The van der Waals surface area contributed by atoms with Crippen molar-refractivity contribution in [3.8, 4) is 5.75 Å². The average Bonchev–Trinajstić information content (AvgIpc) is 3.32. The van der Waals surface area contributed by atoms with Crippen LogP contribution in [0, 0.1) is 0 Å². The molecule has 1 aromatic carbocycles. The highest BCUT2D eigenvalue weighted by molar-refractivity contribution is 7.29. The summed E-state index contributed by atoms with van der Waals surface area (Å²) in [5.74, 6) is 0.609. The van der Waals surface area contributed by atoms with Gasteiger partial charge in [0.05, 0.1) is 17.5 Å². The van der Waals surface area contributed by atoms with E-state index in [2.05, 4.69) is 25.3 Å². The number of carbonyl (C=O) groups is 1. The van der Waals surface area contributed by atoms with E-state index in [9.17, 15) is 4.79 Å². The van der Waals surface area contributed by atoms with Crippen molar-refractivity contribution < 1.29 is 14.3 Å². The van der Waals surface area contributed by atoms with Gasteiger partial charge in [-0.2, -0.15) is 15.0 Å². The average molecular weight is 458 g/mol. The van der Waals surface area contributed by atoms with Gasteiger partial charge in [0.1, 0.15) is 15.5 Å². The first kappa shape index (κ1) is 20.8. The number of thiazole rings is 1. The molecule has 10 nitrogen and oxygen atoms in total. The zero-order valence-electron chi connectivity index (χ0n) is 16.9. The van der Waals surface area contributed by atoms with Crippen molar-refractivity contribution in [2.45, 2.75) is 6.61 Å². The standard InChI is InChI=1S/C19H19N7O3S2/c1-26(2)19-24-15-12(31-19)8-13(30-15)16(27)29-9-14-22-17(20)25-18(23-14)21-10-6-4-5-7-11(10)28-3/h4-8H,9H2,1-3H3,(H3,20,21,22,23,25). The molecule has 0 bridgehead atoms. The van der Waals surface area contributed by atoms with Crippen LogP contribution in [0.1, 0.15) is 15.5 Å². The summed E-state index contributed by atoms with van der Waals surface area (Å²) in [6.45, 7) is -0.145. The van der Waals surface area contributed by atoms with Crippen LogP contribution < -0.4 is 20.7 Å². The fraction of sp³-hybridized carbons (Fsp3) is 0.211. The van der Waals surface area contributed by atoms with Gasteiger partial charge in [0.15, 0.2) is 17.6 Å². The summed E-state index contributed by atoms with van der Waals surface area (Å²) in [5.41, 5.74) is 6.46. The number of carbonyl (C=O) groups excluding carboxylic acids is 1. The second kappa shape index (κ2) is 8.70. The first-order chi connectivity index (χ1) is 14.9. The fourth-order valence-corrected chi connectivity index (χ4v) is 4.67. The maximum atomic E-state index is 12.5. The van der Waals surface area contributed by atoms with E-state index in [1.165, 1.54) is 22.7 Å². The minimum absolute atomic E-state index is 0.00972. The predicted octanol–water partition coefficient (Wildman–Crippen LogP) is 3.30. The Labute approximate surface area is 185 Å². The fourth-order valence-electron chi connectivity index (χ4n) is 2.64. The van der Waals surface area contributed by atoms with Crippen LogP contribution in [0.5, 0.6) is 5.75 Å². The zero-order valence-corrected chi connectivity index (χ0v) is 18.6. The van der Waals surface area contributed by atoms with Crippen LogP contribution in [0.2, 0.25) is 0 Å². The number of nitrogens with two attached hydrogens (primary N) is 1. The Morgan fingerprint density at radius 2 is 1.97 bits per heavy atom. The number of rotatable bonds is 7. The number of hydrogen-bond donors (Lipinski definition) is 2. The van der Waals surface area contributed by atoms with E-state index in [1.54, 1.807) is 19.2 Å². The number of nitrogens with one attached hydrogen (secondary N) is 1. The Kier molecular flexibility index (Phi) is 5.82. The highest BCUT2D eigenvalue weighted by Crippen LogP contribution is 2.34. The molecule has 4 aromatic rings. The van der Waals surface area contributed by atoms with Gasteiger partial charge in [0.25, 0.3) is 0 Å². The van der Waals surface area contributed by atoms with Crippen molar-refractivity contribution in [3.05, 3.63) is 41.0 Å². The zero-order chi connectivity index (χ0) is 22.0.